The van der Waals surface area contributed by atoms with Gasteiger partial charge in [0.15, 0.2) is 5.82 Å². The van der Waals surface area contributed by atoms with E-state index in [0.717, 1.165) is 12.8 Å². The van der Waals surface area contributed by atoms with Crippen molar-refractivity contribution in [1.82, 2.24) is 15.5 Å². The summed E-state index contributed by atoms with van der Waals surface area (Å²) in [6, 6.07) is 8.34. The third kappa shape index (κ3) is 4.12. The summed E-state index contributed by atoms with van der Waals surface area (Å²) in [6.45, 7) is 8.96. The number of ether oxygens (including phenoxy) is 1. The molecule has 0 saturated carbocycles. The zero-order valence-electron chi connectivity index (χ0n) is 16.0. The summed E-state index contributed by atoms with van der Waals surface area (Å²) in [4.78, 5) is 16.9. The standard InChI is InChI=1S/C20H27N3O3/c1-14-7-5-6-8-16(14)20(9-10-25-19(3,4)13-20)11-18(24)21-12-17-22-15(2)26-23-17/h5-8H,9-13H2,1-4H3,(H,21,24)/t20-/m0/s1. The molecule has 1 amide bonds. The molecular formula is C20H27N3O3. The van der Waals surface area contributed by atoms with Gasteiger partial charge in [-0.25, -0.2) is 0 Å². The minimum Gasteiger partial charge on any atom is -0.376 e. The molecule has 1 aromatic carbocycles. The van der Waals surface area contributed by atoms with E-state index in [2.05, 4.69) is 48.4 Å². The fourth-order valence-corrected chi connectivity index (χ4v) is 4.08. The molecule has 0 radical (unpaired) electrons. The Morgan fingerprint density at radius 1 is 1.27 bits per heavy atom. The molecule has 140 valence electrons. The van der Waals surface area contributed by atoms with Crippen LogP contribution in [-0.2, 0) is 21.5 Å². The monoisotopic (exact) mass is 357 g/mol. The first kappa shape index (κ1) is 18.6. The van der Waals surface area contributed by atoms with Crippen molar-refractivity contribution in [2.24, 2.45) is 0 Å². The van der Waals surface area contributed by atoms with Gasteiger partial charge in [-0.2, -0.15) is 4.98 Å². The molecule has 1 aliphatic heterocycles. The Hall–Kier alpha value is -2.21. The van der Waals surface area contributed by atoms with E-state index in [1.54, 1.807) is 6.92 Å². The highest BCUT2D eigenvalue weighted by atomic mass is 16.5. The van der Waals surface area contributed by atoms with Crippen LogP contribution in [-0.4, -0.2) is 28.3 Å². The molecule has 1 N–H and O–H groups in total. The highest BCUT2D eigenvalue weighted by molar-refractivity contribution is 5.77. The topological polar surface area (TPSA) is 77.2 Å². The van der Waals surface area contributed by atoms with E-state index in [-0.39, 0.29) is 23.5 Å². The van der Waals surface area contributed by atoms with E-state index in [4.69, 9.17) is 9.26 Å². The van der Waals surface area contributed by atoms with Crippen LogP contribution in [0.3, 0.4) is 0 Å². The smallest absolute Gasteiger partial charge is 0.223 e. The minimum absolute atomic E-state index is 0.00611. The maximum absolute atomic E-state index is 12.8. The van der Waals surface area contributed by atoms with Crippen LogP contribution in [0, 0.1) is 13.8 Å². The van der Waals surface area contributed by atoms with Crippen LogP contribution in [0.4, 0.5) is 0 Å². The number of rotatable bonds is 5. The van der Waals surface area contributed by atoms with Gasteiger partial charge in [0.25, 0.3) is 0 Å². The third-order valence-corrected chi connectivity index (χ3v) is 5.07. The van der Waals surface area contributed by atoms with Gasteiger partial charge in [-0.3, -0.25) is 4.79 Å². The lowest BCUT2D eigenvalue weighted by Gasteiger charge is -2.45. The van der Waals surface area contributed by atoms with Gasteiger partial charge in [0.2, 0.25) is 11.8 Å². The van der Waals surface area contributed by atoms with Crippen molar-refractivity contribution in [3.63, 3.8) is 0 Å². The Morgan fingerprint density at radius 2 is 2.04 bits per heavy atom. The summed E-state index contributed by atoms with van der Waals surface area (Å²) in [5.41, 5.74) is 1.96. The zero-order valence-corrected chi connectivity index (χ0v) is 16.0. The maximum Gasteiger partial charge on any atom is 0.223 e. The lowest BCUT2D eigenvalue weighted by atomic mass is 9.66. The number of nitrogens with one attached hydrogen (secondary N) is 1. The number of carbonyl (C=O) groups is 1. The number of benzene rings is 1. The molecule has 26 heavy (non-hydrogen) atoms. The Labute approximate surface area is 154 Å². The van der Waals surface area contributed by atoms with Gasteiger partial charge in [0.1, 0.15) is 0 Å². The Kier molecular flexibility index (Phi) is 5.14. The van der Waals surface area contributed by atoms with Crippen LogP contribution >= 0.6 is 0 Å². The van der Waals surface area contributed by atoms with Crippen molar-refractivity contribution < 1.29 is 14.1 Å². The molecule has 0 spiro atoms. The van der Waals surface area contributed by atoms with E-state index in [0.29, 0.717) is 24.7 Å². The summed E-state index contributed by atoms with van der Waals surface area (Å²) in [6.07, 6.45) is 2.05. The van der Waals surface area contributed by atoms with E-state index in [1.165, 1.54) is 11.1 Å². The van der Waals surface area contributed by atoms with Gasteiger partial charge in [-0.1, -0.05) is 29.4 Å². The zero-order chi connectivity index (χ0) is 18.8. The molecule has 3 rings (SSSR count). The summed E-state index contributed by atoms with van der Waals surface area (Å²) < 4.78 is 10.9. The van der Waals surface area contributed by atoms with E-state index < -0.39 is 0 Å². The maximum atomic E-state index is 12.8. The molecular weight excluding hydrogens is 330 g/mol. The molecule has 2 heterocycles. The average Bonchev–Trinajstić information content (AvgIpc) is 2.98. The average molecular weight is 357 g/mol. The summed E-state index contributed by atoms with van der Waals surface area (Å²) in [5, 5.41) is 6.76. The molecule has 1 aliphatic rings. The van der Waals surface area contributed by atoms with Gasteiger partial charge >= 0.3 is 0 Å². The van der Waals surface area contributed by atoms with Gasteiger partial charge in [-0.15, -0.1) is 0 Å². The Bertz CT molecular complexity index is 784. The minimum atomic E-state index is -0.258. The number of amides is 1. The molecule has 1 atom stereocenters. The molecule has 1 saturated heterocycles. The lowest BCUT2D eigenvalue weighted by molar-refractivity contribution is -0.126. The van der Waals surface area contributed by atoms with Crippen LogP contribution in [0.2, 0.25) is 0 Å². The van der Waals surface area contributed by atoms with Gasteiger partial charge in [0.05, 0.1) is 12.1 Å². The second-order valence-corrected chi connectivity index (χ2v) is 7.81. The van der Waals surface area contributed by atoms with E-state index in [9.17, 15) is 4.79 Å². The van der Waals surface area contributed by atoms with Gasteiger partial charge < -0.3 is 14.6 Å². The molecule has 1 aromatic heterocycles. The number of hydrogen-bond donors (Lipinski definition) is 1. The quantitative estimate of drug-likeness (QED) is 0.889. The van der Waals surface area contributed by atoms with Crippen molar-refractivity contribution in [3.05, 3.63) is 47.1 Å². The highest BCUT2D eigenvalue weighted by Gasteiger charge is 2.44. The van der Waals surface area contributed by atoms with Crippen molar-refractivity contribution in [2.75, 3.05) is 6.61 Å². The predicted octanol–water partition coefficient (Wildman–Crippen LogP) is 3.22. The number of aryl methyl sites for hydroxylation is 2. The van der Waals surface area contributed by atoms with Crippen molar-refractivity contribution in [1.29, 1.82) is 0 Å². The first-order chi connectivity index (χ1) is 12.3. The van der Waals surface area contributed by atoms with Crippen LogP contribution in [0.5, 0.6) is 0 Å². The van der Waals surface area contributed by atoms with Crippen molar-refractivity contribution >= 4 is 5.91 Å². The normalized spacial score (nSPS) is 22.2. The summed E-state index contributed by atoms with van der Waals surface area (Å²) in [7, 11) is 0. The van der Waals surface area contributed by atoms with Crippen molar-refractivity contribution in [2.45, 2.75) is 64.5 Å². The molecule has 0 bridgehead atoms. The van der Waals surface area contributed by atoms with Gasteiger partial charge in [0, 0.05) is 25.4 Å². The lowest BCUT2D eigenvalue weighted by Crippen LogP contribution is -2.46. The van der Waals surface area contributed by atoms with Crippen LogP contribution in [0.1, 0.15) is 56.0 Å². The predicted molar refractivity (Wildman–Crippen MR) is 97.6 cm³/mol. The van der Waals surface area contributed by atoms with Crippen LogP contribution in [0.25, 0.3) is 0 Å². The second kappa shape index (κ2) is 7.19. The molecule has 6 heteroatoms. The van der Waals surface area contributed by atoms with E-state index in [1.807, 2.05) is 12.1 Å². The van der Waals surface area contributed by atoms with Crippen LogP contribution in [0.15, 0.2) is 28.8 Å². The Balaban J connectivity index is 1.80. The molecule has 0 aliphatic carbocycles. The van der Waals surface area contributed by atoms with Gasteiger partial charge in [-0.05, 0) is 44.7 Å². The number of carbonyl (C=O) groups excluding carboxylic acids is 1. The van der Waals surface area contributed by atoms with Crippen molar-refractivity contribution in [3.8, 4) is 0 Å². The van der Waals surface area contributed by atoms with Crippen LogP contribution < -0.4 is 5.32 Å². The summed E-state index contributed by atoms with van der Waals surface area (Å²) >= 11 is 0. The molecule has 0 unspecified atom stereocenters. The molecule has 6 nitrogen and oxygen atoms in total. The fraction of sp³-hybridized carbons (Fsp3) is 0.550. The second-order valence-electron chi connectivity index (χ2n) is 7.81. The SMILES string of the molecule is Cc1nc(CNC(=O)C[C@@]2(c3ccccc3C)CCOC(C)(C)C2)no1. The number of hydrogen-bond acceptors (Lipinski definition) is 5. The number of nitrogens with zero attached hydrogens (tertiary/aromatic N) is 2. The molecule has 2 aromatic rings. The Morgan fingerprint density at radius 3 is 2.69 bits per heavy atom. The largest absolute Gasteiger partial charge is 0.376 e. The van der Waals surface area contributed by atoms with E-state index >= 15 is 0 Å². The first-order valence-electron chi connectivity index (χ1n) is 9.06. The first-order valence-corrected chi connectivity index (χ1v) is 9.06. The number of aromatic nitrogens is 2. The summed E-state index contributed by atoms with van der Waals surface area (Å²) in [5.74, 6) is 0.985. The third-order valence-electron chi connectivity index (χ3n) is 5.07. The highest BCUT2D eigenvalue weighted by Crippen LogP contribution is 2.45. The molecule has 1 fully saturated rings. The fourth-order valence-electron chi connectivity index (χ4n) is 4.08.